The van der Waals surface area contributed by atoms with Crippen LogP contribution in [-0.4, -0.2) is 29.6 Å². The zero-order valence-corrected chi connectivity index (χ0v) is 9.30. The monoisotopic (exact) mass is 242 g/mol. The molecule has 0 aliphatic carbocycles. The summed E-state index contributed by atoms with van der Waals surface area (Å²) in [6.45, 7) is 0. The quantitative estimate of drug-likeness (QED) is 0.704. The molecule has 0 spiro atoms. The molecule has 0 saturated carbocycles. The Balaban J connectivity index is 2.80. The topological polar surface area (TPSA) is 9.23 Å². The maximum atomic E-state index is 5.02. The van der Waals surface area contributed by atoms with Crippen LogP contribution in [0.2, 0.25) is 0 Å². The van der Waals surface area contributed by atoms with Crippen LogP contribution in [0.4, 0.5) is 0 Å². The summed E-state index contributed by atoms with van der Waals surface area (Å²) in [4.78, 5) is 0. The summed E-state index contributed by atoms with van der Waals surface area (Å²) in [6.07, 6.45) is 0. The third kappa shape index (κ3) is 1.90. The van der Waals surface area contributed by atoms with E-state index in [-0.39, 0.29) is 0 Å². The van der Waals surface area contributed by atoms with E-state index in [1.165, 1.54) is 32.5 Å². The molecule has 10 heavy (non-hydrogen) atoms. The molecule has 0 bridgehead atoms. The molecule has 0 N–H and O–H groups in total. The summed E-state index contributed by atoms with van der Waals surface area (Å²) in [5.74, 6) is 0.942. The van der Waals surface area contributed by atoms with E-state index < -0.39 is 0 Å². The first-order chi connectivity index (χ1) is 4.86. The van der Waals surface area contributed by atoms with Crippen LogP contribution in [-0.2, 0) is 4.44 Å². The maximum absolute atomic E-state index is 5.02. The molecule has 0 aliphatic heterocycles. The average molecular weight is 241 g/mol. The molecule has 0 heterocycles. The van der Waals surface area contributed by atoms with Crippen molar-refractivity contribution in [1.29, 1.82) is 0 Å². The zero-order chi connectivity index (χ0) is 7.40. The fourth-order valence-electron chi connectivity index (χ4n) is 0.762. The molecule has 0 fully saturated rings. The van der Waals surface area contributed by atoms with Crippen molar-refractivity contribution in [3.8, 4) is 5.75 Å². The van der Waals surface area contributed by atoms with Crippen LogP contribution in [0, 0.1) is 0 Å². The van der Waals surface area contributed by atoms with Crippen molar-refractivity contribution in [3.05, 3.63) is 29.8 Å². The van der Waals surface area contributed by atoms with E-state index in [9.17, 15) is 0 Å². The molecule has 0 aliphatic rings. The predicted octanol–water partition coefficient (Wildman–Crippen LogP) is 1.10. The van der Waals surface area contributed by atoms with E-state index in [0.29, 0.717) is 0 Å². The third-order valence-corrected chi connectivity index (χ3v) is 2.74. The summed E-state index contributed by atoms with van der Waals surface area (Å²) < 4.78 is 6.24. The van der Waals surface area contributed by atoms with Gasteiger partial charge < -0.3 is 0 Å². The Kier molecular flexibility index (Phi) is 3.06. The Labute approximate surface area is 74.5 Å². The SMILES string of the molecule is COc1ccc([CH2][SnH])cc1. The summed E-state index contributed by atoms with van der Waals surface area (Å²) in [5.41, 5.74) is 1.41. The Hall–Kier alpha value is -0.181. The molecular weight excluding hydrogens is 231 g/mol. The Bertz CT molecular complexity index is 170. The van der Waals surface area contributed by atoms with E-state index in [2.05, 4.69) is 12.1 Å². The second kappa shape index (κ2) is 3.86. The van der Waals surface area contributed by atoms with Crippen molar-refractivity contribution in [1.82, 2.24) is 0 Å². The van der Waals surface area contributed by atoms with Crippen molar-refractivity contribution in [2.24, 2.45) is 0 Å². The third-order valence-electron chi connectivity index (χ3n) is 1.39. The van der Waals surface area contributed by atoms with E-state index >= 15 is 0 Å². The van der Waals surface area contributed by atoms with Crippen molar-refractivity contribution in [2.45, 2.75) is 4.44 Å². The summed E-state index contributed by atoms with van der Waals surface area (Å²) in [5, 5.41) is 0. The fraction of sp³-hybridized carbons (Fsp3) is 0.250. The molecular formula is C8H10OSn. The average Bonchev–Trinajstić information content (AvgIpc) is 2.05. The van der Waals surface area contributed by atoms with E-state index in [1.54, 1.807) is 7.11 Å². The number of hydrogen-bond acceptors (Lipinski definition) is 1. The molecule has 1 aromatic rings. The van der Waals surface area contributed by atoms with Crippen LogP contribution >= 0.6 is 0 Å². The minimum atomic E-state index is 0.942. The number of hydrogen-bond donors (Lipinski definition) is 0. The van der Waals surface area contributed by atoms with Crippen LogP contribution < -0.4 is 4.74 Å². The van der Waals surface area contributed by atoms with Crippen LogP contribution in [0.3, 0.4) is 0 Å². The van der Waals surface area contributed by atoms with Gasteiger partial charge in [0.05, 0.1) is 0 Å². The van der Waals surface area contributed by atoms with Gasteiger partial charge in [-0.2, -0.15) is 0 Å². The molecule has 0 saturated heterocycles. The molecule has 1 rings (SSSR count). The molecule has 2 radical (unpaired) electrons. The standard InChI is InChI=1S/C8H9O.Sn.H/c1-7-3-5-8(9-2)6-4-7;;/h3-6H,1H2,2H3;;. The molecule has 1 nitrogen and oxygen atoms in total. The van der Waals surface area contributed by atoms with Crippen LogP contribution in [0.25, 0.3) is 0 Å². The number of ether oxygens (including phenoxy) is 1. The van der Waals surface area contributed by atoms with Gasteiger partial charge in [0.1, 0.15) is 0 Å². The second-order valence-corrected chi connectivity index (χ2v) is 3.22. The Morgan fingerprint density at radius 3 is 2.30 bits per heavy atom. The molecule has 0 atom stereocenters. The van der Waals surface area contributed by atoms with Crippen LogP contribution in [0.5, 0.6) is 5.75 Å². The predicted molar refractivity (Wildman–Crippen MR) is 43.8 cm³/mol. The molecule has 2 heteroatoms. The molecule has 0 aromatic heterocycles. The van der Waals surface area contributed by atoms with E-state index in [1.807, 2.05) is 12.1 Å². The first-order valence-electron chi connectivity index (χ1n) is 3.20. The van der Waals surface area contributed by atoms with Gasteiger partial charge in [0.2, 0.25) is 0 Å². The second-order valence-electron chi connectivity index (χ2n) is 2.05. The summed E-state index contributed by atoms with van der Waals surface area (Å²) >= 11 is 1.29. The van der Waals surface area contributed by atoms with Gasteiger partial charge in [-0.15, -0.1) is 0 Å². The molecule has 0 unspecified atom stereocenters. The Morgan fingerprint density at radius 2 is 1.90 bits per heavy atom. The van der Waals surface area contributed by atoms with Crippen LogP contribution in [0.1, 0.15) is 5.56 Å². The number of rotatable bonds is 2. The van der Waals surface area contributed by atoms with Crippen LogP contribution in [0.15, 0.2) is 24.3 Å². The normalized spacial score (nSPS) is 9.40. The Morgan fingerprint density at radius 1 is 1.30 bits per heavy atom. The van der Waals surface area contributed by atoms with E-state index in [0.717, 1.165) is 5.75 Å². The number of benzene rings is 1. The van der Waals surface area contributed by atoms with Gasteiger partial charge in [0, 0.05) is 0 Å². The zero-order valence-electron chi connectivity index (χ0n) is 6.00. The van der Waals surface area contributed by atoms with Crippen molar-refractivity contribution in [3.63, 3.8) is 0 Å². The molecule has 0 amide bonds. The van der Waals surface area contributed by atoms with Gasteiger partial charge in [0.15, 0.2) is 0 Å². The van der Waals surface area contributed by atoms with Gasteiger partial charge in [-0.1, -0.05) is 0 Å². The van der Waals surface area contributed by atoms with Crippen molar-refractivity contribution < 1.29 is 4.74 Å². The van der Waals surface area contributed by atoms with Crippen molar-refractivity contribution in [2.75, 3.05) is 7.11 Å². The minimum absolute atomic E-state index is 0.942. The molecule has 52 valence electrons. The van der Waals surface area contributed by atoms with Crippen molar-refractivity contribution >= 4 is 22.5 Å². The van der Waals surface area contributed by atoms with Gasteiger partial charge in [-0.05, 0) is 0 Å². The number of methoxy groups -OCH3 is 1. The van der Waals surface area contributed by atoms with Gasteiger partial charge in [-0.25, -0.2) is 0 Å². The van der Waals surface area contributed by atoms with Gasteiger partial charge in [-0.3, -0.25) is 0 Å². The fourth-order valence-corrected chi connectivity index (χ4v) is 1.54. The first kappa shape index (κ1) is 7.92. The summed E-state index contributed by atoms with van der Waals surface area (Å²) in [7, 11) is 1.69. The van der Waals surface area contributed by atoms with Gasteiger partial charge >= 0.3 is 74.4 Å². The summed E-state index contributed by atoms with van der Waals surface area (Å²) in [6, 6.07) is 8.24. The van der Waals surface area contributed by atoms with Gasteiger partial charge in [0.25, 0.3) is 0 Å². The first-order valence-corrected chi connectivity index (χ1v) is 5.53. The van der Waals surface area contributed by atoms with E-state index in [4.69, 9.17) is 4.74 Å². The molecule has 1 aromatic carbocycles.